The molecule has 0 N–H and O–H groups in total. The first kappa shape index (κ1) is 17.2. The number of nitro groups is 1. The average molecular weight is 356 g/mol. The summed E-state index contributed by atoms with van der Waals surface area (Å²) < 4.78 is 14.3. The Balaban J connectivity index is 1.84. The number of carbonyl (C=O) groups excluding carboxylic acids is 1. The molecule has 2 aromatic carbocycles. The Bertz CT molecular complexity index is 1060. The van der Waals surface area contributed by atoms with Crippen LogP contribution in [0.2, 0.25) is 0 Å². The molecule has 0 saturated carbocycles. The quantitative estimate of drug-likeness (QED) is 0.527. The van der Waals surface area contributed by atoms with Gasteiger partial charge in [-0.3, -0.25) is 24.3 Å². The van der Waals surface area contributed by atoms with Gasteiger partial charge in [-0.25, -0.2) is 9.37 Å². The molecule has 9 heteroatoms. The summed E-state index contributed by atoms with van der Waals surface area (Å²) in [6.45, 7) is -0.271. The van der Waals surface area contributed by atoms with Crippen molar-refractivity contribution in [3.63, 3.8) is 0 Å². The molecule has 0 saturated heterocycles. The molecule has 0 radical (unpaired) electrons. The molecule has 0 aliphatic carbocycles. The Labute approximate surface area is 146 Å². The van der Waals surface area contributed by atoms with Crippen molar-refractivity contribution in [2.24, 2.45) is 0 Å². The van der Waals surface area contributed by atoms with Crippen molar-refractivity contribution in [2.75, 3.05) is 11.9 Å². The molecular weight excluding hydrogens is 343 g/mol. The summed E-state index contributed by atoms with van der Waals surface area (Å²) in [5.41, 5.74) is 0.115. The van der Waals surface area contributed by atoms with E-state index in [9.17, 15) is 24.1 Å². The third-order valence-corrected chi connectivity index (χ3v) is 3.91. The molecule has 1 aromatic heterocycles. The third-order valence-electron chi connectivity index (χ3n) is 3.91. The lowest BCUT2D eigenvalue weighted by Crippen LogP contribution is -2.34. The molecule has 1 amide bonds. The minimum atomic E-state index is -0.533. The zero-order chi connectivity index (χ0) is 18.8. The van der Waals surface area contributed by atoms with E-state index in [1.54, 1.807) is 0 Å². The molecule has 0 atom stereocenters. The van der Waals surface area contributed by atoms with E-state index in [2.05, 4.69) is 4.98 Å². The molecule has 3 aromatic rings. The lowest BCUT2D eigenvalue weighted by Gasteiger charge is -2.17. The highest BCUT2D eigenvalue weighted by atomic mass is 19.1. The van der Waals surface area contributed by atoms with Crippen molar-refractivity contribution in [3.05, 3.63) is 75.1 Å². The minimum absolute atomic E-state index is 0.0863. The molecule has 132 valence electrons. The first-order chi connectivity index (χ1) is 12.4. The fourth-order valence-electron chi connectivity index (χ4n) is 2.44. The van der Waals surface area contributed by atoms with Crippen LogP contribution in [0.1, 0.15) is 0 Å². The van der Waals surface area contributed by atoms with E-state index >= 15 is 0 Å². The Morgan fingerprint density at radius 1 is 1.27 bits per heavy atom. The normalized spacial score (nSPS) is 10.7. The Kier molecular flexibility index (Phi) is 4.44. The van der Waals surface area contributed by atoms with Crippen LogP contribution in [-0.4, -0.2) is 27.4 Å². The van der Waals surface area contributed by atoms with E-state index in [1.807, 2.05) is 0 Å². The molecule has 0 bridgehead atoms. The third kappa shape index (κ3) is 3.27. The predicted octanol–water partition coefficient (Wildman–Crippen LogP) is 2.11. The van der Waals surface area contributed by atoms with E-state index in [-0.39, 0.29) is 23.1 Å². The van der Waals surface area contributed by atoms with Gasteiger partial charge in [0, 0.05) is 30.9 Å². The van der Waals surface area contributed by atoms with Crippen LogP contribution in [0.3, 0.4) is 0 Å². The van der Waals surface area contributed by atoms with Crippen LogP contribution in [0.15, 0.2) is 53.6 Å². The van der Waals surface area contributed by atoms with Gasteiger partial charge in [-0.1, -0.05) is 0 Å². The molecule has 8 nitrogen and oxygen atoms in total. The van der Waals surface area contributed by atoms with Gasteiger partial charge in [-0.2, -0.15) is 0 Å². The molecular formula is C17H13FN4O4. The van der Waals surface area contributed by atoms with Gasteiger partial charge in [0.15, 0.2) is 0 Å². The number of hydrogen-bond acceptors (Lipinski definition) is 5. The maximum absolute atomic E-state index is 13.2. The second-order valence-electron chi connectivity index (χ2n) is 5.57. The van der Waals surface area contributed by atoms with Crippen LogP contribution in [-0.2, 0) is 11.3 Å². The van der Waals surface area contributed by atoms with Crippen molar-refractivity contribution in [1.82, 2.24) is 9.55 Å². The van der Waals surface area contributed by atoms with Gasteiger partial charge in [-0.15, -0.1) is 0 Å². The fourth-order valence-corrected chi connectivity index (χ4v) is 2.44. The van der Waals surface area contributed by atoms with Crippen LogP contribution in [0.4, 0.5) is 15.8 Å². The molecule has 3 rings (SSSR count). The second kappa shape index (κ2) is 6.71. The number of rotatable bonds is 4. The maximum atomic E-state index is 13.2. The van der Waals surface area contributed by atoms with Gasteiger partial charge in [0.1, 0.15) is 12.4 Å². The van der Waals surface area contributed by atoms with Crippen molar-refractivity contribution < 1.29 is 14.1 Å². The minimum Gasteiger partial charge on any atom is -0.314 e. The molecule has 1 heterocycles. The van der Waals surface area contributed by atoms with Gasteiger partial charge in [0.25, 0.3) is 11.2 Å². The number of aromatic nitrogens is 2. The Hall–Kier alpha value is -3.62. The largest absolute Gasteiger partial charge is 0.314 e. The van der Waals surface area contributed by atoms with Gasteiger partial charge < -0.3 is 4.90 Å². The second-order valence-corrected chi connectivity index (χ2v) is 5.57. The maximum Gasteiger partial charge on any atom is 0.269 e. The summed E-state index contributed by atoms with van der Waals surface area (Å²) in [4.78, 5) is 40.3. The summed E-state index contributed by atoms with van der Waals surface area (Å²) in [6.07, 6.45) is 1.19. The number of anilines is 1. The molecule has 0 spiro atoms. The van der Waals surface area contributed by atoms with E-state index < -0.39 is 22.2 Å². The average Bonchev–Trinajstić information content (AvgIpc) is 2.63. The number of nitrogens with zero attached hydrogens (tertiary/aromatic N) is 4. The number of hydrogen-bond donors (Lipinski definition) is 0. The Morgan fingerprint density at radius 2 is 1.96 bits per heavy atom. The van der Waals surface area contributed by atoms with Crippen LogP contribution in [0, 0.1) is 15.9 Å². The number of halogens is 1. The summed E-state index contributed by atoms with van der Waals surface area (Å²) in [5.74, 6) is -0.916. The smallest absolute Gasteiger partial charge is 0.269 e. The monoisotopic (exact) mass is 356 g/mol. The van der Waals surface area contributed by atoms with Gasteiger partial charge in [-0.05, 0) is 24.3 Å². The molecule has 0 fully saturated rings. The van der Waals surface area contributed by atoms with Crippen LogP contribution in [0.25, 0.3) is 10.9 Å². The van der Waals surface area contributed by atoms with E-state index in [0.29, 0.717) is 5.69 Å². The standard InChI is InChI=1S/C17H13FN4O4/c1-20(12-3-5-13(6-4-12)22(25)26)16(23)9-21-10-19-15-8-11(18)2-7-14(15)17(21)24/h2-8,10H,9H2,1H3. The molecule has 0 aliphatic rings. The van der Waals surface area contributed by atoms with Gasteiger partial charge >= 0.3 is 0 Å². The lowest BCUT2D eigenvalue weighted by atomic mass is 10.2. The predicted molar refractivity (Wildman–Crippen MR) is 92.5 cm³/mol. The van der Waals surface area contributed by atoms with E-state index in [4.69, 9.17) is 0 Å². The highest BCUT2D eigenvalue weighted by molar-refractivity contribution is 5.92. The zero-order valence-electron chi connectivity index (χ0n) is 13.6. The first-order valence-electron chi connectivity index (χ1n) is 7.52. The molecule has 0 unspecified atom stereocenters. The number of nitro benzene ring substituents is 1. The fraction of sp³-hybridized carbons (Fsp3) is 0.118. The Morgan fingerprint density at radius 3 is 2.62 bits per heavy atom. The van der Waals surface area contributed by atoms with Crippen molar-refractivity contribution in [3.8, 4) is 0 Å². The summed E-state index contributed by atoms with van der Waals surface area (Å²) in [7, 11) is 1.50. The molecule has 0 aliphatic heterocycles. The highest BCUT2D eigenvalue weighted by Crippen LogP contribution is 2.18. The summed E-state index contributed by atoms with van der Waals surface area (Å²) >= 11 is 0. The van der Waals surface area contributed by atoms with Crippen LogP contribution < -0.4 is 10.5 Å². The van der Waals surface area contributed by atoms with Crippen LogP contribution >= 0.6 is 0 Å². The number of likely N-dealkylation sites (N-methyl/N-ethyl adjacent to an activating group) is 1. The van der Waals surface area contributed by atoms with Gasteiger partial charge in [0.2, 0.25) is 5.91 Å². The number of non-ortho nitro benzene ring substituents is 1. The van der Waals surface area contributed by atoms with Crippen molar-refractivity contribution in [1.29, 1.82) is 0 Å². The van der Waals surface area contributed by atoms with Crippen molar-refractivity contribution in [2.45, 2.75) is 6.54 Å². The van der Waals surface area contributed by atoms with Gasteiger partial charge in [0.05, 0.1) is 22.2 Å². The molecule has 26 heavy (non-hydrogen) atoms. The topological polar surface area (TPSA) is 98.3 Å². The van der Waals surface area contributed by atoms with E-state index in [1.165, 1.54) is 48.6 Å². The lowest BCUT2D eigenvalue weighted by molar-refractivity contribution is -0.384. The number of fused-ring (bicyclic) bond motifs is 1. The number of carbonyl (C=O) groups is 1. The number of amides is 1. The summed E-state index contributed by atoms with van der Waals surface area (Å²) in [5, 5.41) is 10.9. The number of benzene rings is 2. The van der Waals surface area contributed by atoms with Crippen LogP contribution in [0.5, 0.6) is 0 Å². The van der Waals surface area contributed by atoms with E-state index in [0.717, 1.165) is 16.7 Å². The zero-order valence-corrected chi connectivity index (χ0v) is 13.6. The highest BCUT2D eigenvalue weighted by Gasteiger charge is 2.15. The first-order valence-corrected chi connectivity index (χ1v) is 7.52. The SMILES string of the molecule is CN(C(=O)Cn1cnc2cc(F)ccc2c1=O)c1ccc([N+](=O)[O-])cc1. The summed E-state index contributed by atoms with van der Waals surface area (Å²) in [6, 6.07) is 9.09. The van der Waals surface area contributed by atoms with Crippen molar-refractivity contribution >= 4 is 28.2 Å².